The van der Waals surface area contributed by atoms with Crippen LogP contribution in [0.5, 0.6) is 5.75 Å². The molecular formula is C24H29NO4. The number of hydrogen-bond acceptors (Lipinski definition) is 5. The van der Waals surface area contributed by atoms with Gasteiger partial charge in [0.15, 0.2) is 5.78 Å². The molecular weight excluding hydrogens is 366 g/mol. The average Bonchev–Trinajstić information content (AvgIpc) is 2.74. The molecule has 1 atom stereocenters. The second-order valence-electron chi connectivity index (χ2n) is 6.77. The predicted molar refractivity (Wildman–Crippen MR) is 114 cm³/mol. The number of nitrogens with zero attached hydrogens (tertiary/aromatic N) is 1. The number of carbonyl (C=O) groups excluding carboxylic acids is 2. The summed E-state index contributed by atoms with van der Waals surface area (Å²) in [6.45, 7) is 12.0. The molecule has 5 nitrogen and oxygen atoms in total. The molecule has 0 aliphatic carbocycles. The molecule has 0 aliphatic heterocycles. The molecule has 29 heavy (non-hydrogen) atoms. The van der Waals surface area contributed by atoms with Crippen molar-refractivity contribution in [1.29, 1.82) is 0 Å². The summed E-state index contributed by atoms with van der Waals surface area (Å²) in [6, 6.07) is 16.0. The lowest BCUT2D eigenvalue weighted by atomic mass is 10.0. The lowest BCUT2D eigenvalue weighted by Crippen LogP contribution is -2.32. The number of benzene rings is 2. The molecule has 0 bridgehead atoms. The Bertz CT molecular complexity index is 811. The van der Waals surface area contributed by atoms with Crippen LogP contribution in [0.1, 0.15) is 43.1 Å². The molecule has 0 saturated heterocycles. The fourth-order valence-corrected chi connectivity index (χ4v) is 2.78. The second kappa shape index (κ2) is 11.2. The van der Waals surface area contributed by atoms with Crippen molar-refractivity contribution in [2.45, 2.75) is 33.5 Å². The molecule has 0 radical (unpaired) electrons. The molecule has 1 unspecified atom stereocenters. The quantitative estimate of drug-likeness (QED) is 0.243. The van der Waals surface area contributed by atoms with Crippen LogP contribution in [0.2, 0.25) is 0 Å². The molecule has 0 N–H and O–H groups in total. The van der Waals surface area contributed by atoms with Gasteiger partial charge >= 0.3 is 5.97 Å². The van der Waals surface area contributed by atoms with Crippen molar-refractivity contribution in [1.82, 2.24) is 4.90 Å². The number of esters is 1. The fourth-order valence-electron chi connectivity index (χ4n) is 2.78. The Morgan fingerprint density at radius 1 is 0.966 bits per heavy atom. The Morgan fingerprint density at radius 3 is 2.10 bits per heavy atom. The Hall–Kier alpha value is -2.92. The third kappa shape index (κ3) is 6.88. The smallest absolute Gasteiger partial charge is 0.336 e. The first kappa shape index (κ1) is 22.4. The van der Waals surface area contributed by atoms with Crippen LogP contribution in [0.3, 0.4) is 0 Å². The zero-order valence-corrected chi connectivity index (χ0v) is 17.4. The van der Waals surface area contributed by atoms with Crippen LogP contribution in [0.15, 0.2) is 66.7 Å². The Labute approximate surface area is 172 Å². The number of carbonyl (C=O) groups is 2. The molecule has 0 amide bonds. The highest BCUT2D eigenvalue weighted by atomic mass is 16.7. The fraction of sp³-hybridized carbons (Fsp3) is 0.333. The minimum Gasteiger partial charge on any atom is -0.455 e. The summed E-state index contributed by atoms with van der Waals surface area (Å²) < 4.78 is 11.3. The molecule has 0 aliphatic rings. The topological polar surface area (TPSA) is 55.8 Å². The lowest BCUT2D eigenvalue weighted by molar-refractivity contribution is -0.160. The summed E-state index contributed by atoms with van der Waals surface area (Å²) in [5.74, 6) is 0.00281. The van der Waals surface area contributed by atoms with Crippen LogP contribution in [0, 0.1) is 0 Å². The normalized spacial score (nSPS) is 11.7. The Morgan fingerprint density at radius 2 is 1.55 bits per heavy atom. The molecule has 0 fully saturated rings. The molecule has 2 rings (SSSR count). The first-order valence-corrected chi connectivity index (χ1v) is 9.89. The van der Waals surface area contributed by atoms with Gasteiger partial charge in [0.05, 0.1) is 0 Å². The van der Waals surface area contributed by atoms with E-state index < -0.39 is 12.3 Å². The second-order valence-corrected chi connectivity index (χ2v) is 6.77. The van der Waals surface area contributed by atoms with Gasteiger partial charge in [0.25, 0.3) is 0 Å². The van der Waals surface area contributed by atoms with Crippen molar-refractivity contribution >= 4 is 11.8 Å². The van der Waals surface area contributed by atoms with Crippen LogP contribution in [-0.4, -0.2) is 42.6 Å². The van der Waals surface area contributed by atoms with Gasteiger partial charge in [-0.3, -0.25) is 4.79 Å². The van der Waals surface area contributed by atoms with Crippen molar-refractivity contribution < 1.29 is 19.1 Å². The number of ketones is 1. The lowest BCUT2D eigenvalue weighted by Gasteiger charge is -2.23. The van der Waals surface area contributed by atoms with Gasteiger partial charge < -0.3 is 14.4 Å². The van der Waals surface area contributed by atoms with Gasteiger partial charge in [-0.25, -0.2) is 4.79 Å². The van der Waals surface area contributed by atoms with E-state index in [0.29, 0.717) is 28.9 Å². The average molecular weight is 395 g/mol. The van der Waals surface area contributed by atoms with E-state index in [1.165, 1.54) is 0 Å². The third-order valence-corrected chi connectivity index (χ3v) is 4.58. The summed E-state index contributed by atoms with van der Waals surface area (Å²) >= 11 is 0. The van der Waals surface area contributed by atoms with Gasteiger partial charge in [0.2, 0.25) is 6.29 Å². The number of hydrogen-bond donors (Lipinski definition) is 0. The van der Waals surface area contributed by atoms with E-state index in [2.05, 4.69) is 25.3 Å². The summed E-state index contributed by atoms with van der Waals surface area (Å²) in [6.07, 6.45) is -0.193. The summed E-state index contributed by atoms with van der Waals surface area (Å²) in [7, 11) is 0. The van der Waals surface area contributed by atoms with Crippen LogP contribution in [-0.2, 0) is 9.53 Å². The van der Waals surface area contributed by atoms with E-state index in [1.54, 1.807) is 43.3 Å². The van der Waals surface area contributed by atoms with Gasteiger partial charge in [-0.2, -0.15) is 0 Å². The van der Waals surface area contributed by atoms with E-state index in [4.69, 9.17) is 9.47 Å². The maximum absolute atomic E-state index is 12.5. The molecule has 0 heterocycles. The largest absolute Gasteiger partial charge is 0.455 e. The minimum absolute atomic E-state index is 0.0519. The van der Waals surface area contributed by atoms with E-state index in [0.717, 1.165) is 19.6 Å². The van der Waals surface area contributed by atoms with Crippen molar-refractivity contribution in [3.05, 3.63) is 77.9 Å². The number of ether oxygens (including phenoxy) is 2. The summed E-state index contributed by atoms with van der Waals surface area (Å²) in [5.41, 5.74) is 1.53. The molecule has 0 aromatic heterocycles. The monoisotopic (exact) mass is 395 g/mol. The van der Waals surface area contributed by atoms with Crippen LogP contribution >= 0.6 is 0 Å². The molecule has 154 valence electrons. The van der Waals surface area contributed by atoms with Crippen molar-refractivity contribution in [3.63, 3.8) is 0 Å². The van der Waals surface area contributed by atoms with Crippen LogP contribution in [0.4, 0.5) is 0 Å². The molecule has 0 spiro atoms. The van der Waals surface area contributed by atoms with E-state index in [9.17, 15) is 9.59 Å². The SMILES string of the molecule is C=C(C)C(=O)OC(CCN(CC)CC)Oc1ccc(C(=O)c2ccccc2)cc1. The van der Waals surface area contributed by atoms with Crippen molar-refractivity contribution in [2.24, 2.45) is 0 Å². The first-order valence-electron chi connectivity index (χ1n) is 9.89. The maximum atomic E-state index is 12.5. The van der Waals surface area contributed by atoms with E-state index in [1.807, 2.05) is 18.2 Å². The van der Waals surface area contributed by atoms with Crippen molar-refractivity contribution in [3.8, 4) is 5.75 Å². The maximum Gasteiger partial charge on any atom is 0.336 e. The molecule has 0 saturated carbocycles. The van der Waals surface area contributed by atoms with Gasteiger partial charge in [-0.05, 0) is 44.3 Å². The Kier molecular flexibility index (Phi) is 8.62. The highest BCUT2D eigenvalue weighted by Crippen LogP contribution is 2.18. The first-order chi connectivity index (χ1) is 13.9. The van der Waals surface area contributed by atoms with E-state index in [-0.39, 0.29) is 5.78 Å². The highest BCUT2D eigenvalue weighted by molar-refractivity contribution is 6.08. The van der Waals surface area contributed by atoms with Crippen LogP contribution < -0.4 is 4.74 Å². The zero-order chi connectivity index (χ0) is 21.2. The van der Waals surface area contributed by atoms with Crippen molar-refractivity contribution in [2.75, 3.05) is 19.6 Å². The van der Waals surface area contributed by atoms with Gasteiger partial charge in [-0.15, -0.1) is 0 Å². The van der Waals surface area contributed by atoms with Crippen LogP contribution in [0.25, 0.3) is 0 Å². The van der Waals surface area contributed by atoms with Gasteiger partial charge in [0.1, 0.15) is 5.75 Å². The van der Waals surface area contributed by atoms with Gasteiger partial charge in [-0.1, -0.05) is 50.8 Å². The summed E-state index contributed by atoms with van der Waals surface area (Å²) in [5, 5.41) is 0. The highest BCUT2D eigenvalue weighted by Gasteiger charge is 2.18. The summed E-state index contributed by atoms with van der Waals surface area (Å²) in [4.78, 5) is 26.7. The third-order valence-electron chi connectivity index (χ3n) is 4.58. The van der Waals surface area contributed by atoms with E-state index >= 15 is 0 Å². The number of rotatable bonds is 11. The molecule has 2 aromatic rings. The Balaban J connectivity index is 2.07. The molecule has 5 heteroatoms. The standard InChI is InChI=1S/C24H29NO4/c1-5-25(6-2)17-16-22(29-24(27)18(3)4)28-21-14-12-20(13-15-21)23(26)19-10-8-7-9-11-19/h7-15,22H,3,5-6,16-17H2,1-2,4H3. The predicted octanol–water partition coefficient (Wildman–Crippen LogP) is 4.47. The van der Waals surface area contributed by atoms with Gasteiger partial charge in [0, 0.05) is 29.7 Å². The minimum atomic E-state index is -0.726. The zero-order valence-electron chi connectivity index (χ0n) is 17.4. The molecule has 2 aromatic carbocycles.